The van der Waals surface area contributed by atoms with E-state index in [1.807, 2.05) is 0 Å². The number of rotatable bonds is 2. The second kappa shape index (κ2) is 6.95. The lowest BCUT2D eigenvalue weighted by molar-refractivity contribution is 0.0839. The number of hydrogen-bond donors (Lipinski definition) is 2. The van der Waals surface area contributed by atoms with Gasteiger partial charge in [0.1, 0.15) is 11.6 Å². The summed E-state index contributed by atoms with van der Waals surface area (Å²) in [4.78, 5) is 2.34. The van der Waals surface area contributed by atoms with Gasteiger partial charge in [0.05, 0.1) is 0 Å². The van der Waals surface area contributed by atoms with Crippen molar-refractivity contribution >= 4 is 12.4 Å². The third-order valence-electron chi connectivity index (χ3n) is 3.93. The van der Waals surface area contributed by atoms with Crippen LogP contribution in [0.3, 0.4) is 0 Å². The van der Waals surface area contributed by atoms with Crippen molar-refractivity contribution in [3.8, 4) is 5.75 Å². The van der Waals surface area contributed by atoms with Crippen LogP contribution in [0.4, 0.5) is 4.39 Å². The Morgan fingerprint density at radius 1 is 1.24 bits per heavy atom. The highest BCUT2D eigenvalue weighted by atomic mass is 35.5. The van der Waals surface area contributed by atoms with Crippen molar-refractivity contribution in [1.82, 2.24) is 10.2 Å². The van der Waals surface area contributed by atoms with Crippen molar-refractivity contribution < 1.29 is 9.50 Å². The summed E-state index contributed by atoms with van der Waals surface area (Å²) in [7, 11) is 0. The molecule has 21 heavy (non-hydrogen) atoms. The minimum Gasteiger partial charge on any atom is -0.507 e. The molecule has 0 bridgehead atoms. The Morgan fingerprint density at radius 3 is 2.33 bits per heavy atom. The van der Waals surface area contributed by atoms with Crippen LogP contribution in [-0.2, 0) is 0 Å². The third-order valence-corrected chi connectivity index (χ3v) is 3.93. The Hall–Kier alpha value is -0.840. The van der Waals surface area contributed by atoms with Crippen LogP contribution in [0.25, 0.3) is 0 Å². The number of nitrogens with zero attached hydrogens (tertiary/aromatic N) is 1. The van der Waals surface area contributed by atoms with Gasteiger partial charge in [0, 0.05) is 37.8 Å². The van der Waals surface area contributed by atoms with Crippen LogP contribution in [0, 0.1) is 18.2 Å². The molecular formula is C16H26ClFN2O. The van der Waals surface area contributed by atoms with Gasteiger partial charge < -0.3 is 10.4 Å². The van der Waals surface area contributed by atoms with Crippen molar-refractivity contribution in [2.24, 2.45) is 5.41 Å². The summed E-state index contributed by atoms with van der Waals surface area (Å²) in [5, 5.41) is 13.7. The van der Waals surface area contributed by atoms with E-state index < -0.39 is 0 Å². The highest BCUT2D eigenvalue weighted by Crippen LogP contribution is 2.42. The number of benzene rings is 1. The molecule has 0 spiro atoms. The number of piperazine rings is 1. The molecule has 2 rings (SSSR count). The lowest BCUT2D eigenvalue weighted by Gasteiger charge is -2.43. The van der Waals surface area contributed by atoms with Crippen molar-refractivity contribution in [3.63, 3.8) is 0 Å². The molecule has 1 aromatic rings. The molecule has 0 amide bonds. The number of aromatic hydroxyl groups is 1. The maximum Gasteiger partial charge on any atom is 0.124 e. The molecule has 5 heteroatoms. The zero-order chi connectivity index (χ0) is 14.9. The molecule has 1 fully saturated rings. The molecule has 1 saturated heterocycles. The highest BCUT2D eigenvalue weighted by molar-refractivity contribution is 5.85. The minimum absolute atomic E-state index is 0. The van der Waals surface area contributed by atoms with E-state index in [1.165, 1.54) is 12.1 Å². The van der Waals surface area contributed by atoms with Crippen LogP contribution in [0.15, 0.2) is 12.1 Å². The Kier molecular flexibility index (Phi) is 6.02. The van der Waals surface area contributed by atoms with Gasteiger partial charge in [0.15, 0.2) is 0 Å². The molecule has 2 N–H and O–H groups in total. The van der Waals surface area contributed by atoms with Crippen LogP contribution >= 0.6 is 12.4 Å². The number of halogens is 2. The molecule has 0 saturated carbocycles. The topological polar surface area (TPSA) is 35.5 Å². The predicted molar refractivity (Wildman–Crippen MR) is 86.7 cm³/mol. The average Bonchev–Trinajstić information content (AvgIpc) is 2.35. The molecule has 1 atom stereocenters. The molecule has 0 aliphatic carbocycles. The Morgan fingerprint density at radius 2 is 1.81 bits per heavy atom. The monoisotopic (exact) mass is 316 g/mol. The molecule has 0 radical (unpaired) electrons. The predicted octanol–water partition coefficient (Wildman–Crippen LogP) is 3.25. The lowest BCUT2D eigenvalue weighted by Crippen LogP contribution is -2.48. The second-order valence-corrected chi connectivity index (χ2v) is 6.72. The van der Waals surface area contributed by atoms with E-state index >= 15 is 0 Å². The van der Waals surface area contributed by atoms with Crippen molar-refractivity contribution in [2.75, 3.05) is 26.2 Å². The largest absolute Gasteiger partial charge is 0.507 e. The standard InChI is InChI=1S/C16H25FN2O.ClH/c1-11-9-12(17)10-13(14(11)20)15(16(2,3)4)19-7-5-18-6-8-19;/h9-10,15,18,20H,5-8H2,1-4H3;1H/t15-;/m1./s1. The number of nitrogens with one attached hydrogen (secondary N) is 1. The number of hydrogen-bond acceptors (Lipinski definition) is 3. The summed E-state index contributed by atoms with van der Waals surface area (Å²) in [5.74, 6) is -0.0513. The van der Waals surface area contributed by atoms with Crippen molar-refractivity contribution in [3.05, 3.63) is 29.1 Å². The molecule has 120 valence electrons. The Bertz CT molecular complexity index is 482. The van der Waals surface area contributed by atoms with Gasteiger partial charge in [-0.25, -0.2) is 4.39 Å². The van der Waals surface area contributed by atoms with Crippen LogP contribution in [-0.4, -0.2) is 36.2 Å². The fraction of sp³-hybridized carbons (Fsp3) is 0.625. The third kappa shape index (κ3) is 4.09. The quantitative estimate of drug-likeness (QED) is 0.879. The van der Waals surface area contributed by atoms with Gasteiger partial charge in [0.25, 0.3) is 0 Å². The Labute approximate surface area is 132 Å². The number of aryl methyl sites for hydroxylation is 1. The summed E-state index contributed by atoms with van der Waals surface area (Å²) in [6.45, 7) is 11.9. The second-order valence-electron chi connectivity index (χ2n) is 6.72. The first-order valence-electron chi connectivity index (χ1n) is 7.24. The normalized spacial score (nSPS) is 18.1. The van der Waals surface area contributed by atoms with Crippen molar-refractivity contribution in [1.29, 1.82) is 0 Å². The summed E-state index contributed by atoms with van der Waals surface area (Å²) in [6.07, 6.45) is 0. The molecule has 1 heterocycles. The van der Waals surface area contributed by atoms with E-state index in [9.17, 15) is 9.50 Å². The van der Waals surface area contributed by atoms with Gasteiger partial charge in [-0.05, 0) is 30.0 Å². The molecule has 1 aliphatic rings. The smallest absolute Gasteiger partial charge is 0.124 e. The maximum atomic E-state index is 13.8. The fourth-order valence-corrected chi connectivity index (χ4v) is 3.12. The first-order chi connectivity index (χ1) is 9.30. The van der Waals surface area contributed by atoms with E-state index in [4.69, 9.17) is 0 Å². The lowest BCUT2D eigenvalue weighted by atomic mass is 9.80. The van der Waals surface area contributed by atoms with Crippen LogP contribution in [0.5, 0.6) is 5.75 Å². The van der Waals surface area contributed by atoms with Gasteiger partial charge >= 0.3 is 0 Å². The van der Waals surface area contributed by atoms with Crippen LogP contribution in [0.2, 0.25) is 0 Å². The first-order valence-corrected chi connectivity index (χ1v) is 7.24. The minimum atomic E-state index is -0.278. The zero-order valence-corrected chi connectivity index (χ0v) is 14.1. The average molecular weight is 317 g/mol. The van der Waals surface area contributed by atoms with E-state index in [-0.39, 0.29) is 35.4 Å². The summed E-state index contributed by atoms with van der Waals surface area (Å²) < 4.78 is 13.8. The van der Waals surface area contributed by atoms with E-state index in [2.05, 4.69) is 31.0 Å². The molecule has 0 aromatic heterocycles. The van der Waals surface area contributed by atoms with Gasteiger partial charge in [0.2, 0.25) is 0 Å². The SMILES string of the molecule is Cc1cc(F)cc([C@@H](N2CCNCC2)C(C)(C)C)c1O.Cl. The number of phenols is 1. The van der Waals surface area contributed by atoms with E-state index in [0.717, 1.165) is 26.2 Å². The van der Waals surface area contributed by atoms with Crippen molar-refractivity contribution in [2.45, 2.75) is 33.7 Å². The molecule has 0 unspecified atom stereocenters. The first kappa shape index (κ1) is 18.2. The fourth-order valence-electron chi connectivity index (χ4n) is 3.12. The molecule has 3 nitrogen and oxygen atoms in total. The van der Waals surface area contributed by atoms with Gasteiger partial charge in [-0.1, -0.05) is 20.8 Å². The zero-order valence-electron chi connectivity index (χ0n) is 13.2. The van der Waals surface area contributed by atoms with Gasteiger partial charge in [-0.3, -0.25) is 4.90 Å². The Balaban J connectivity index is 0.00000220. The molecule has 1 aliphatic heterocycles. The summed E-state index contributed by atoms with van der Waals surface area (Å²) in [5.41, 5.74) is 1.23. The molecular weight excluding hydrogens is 291 g/mol. The van der Waals surface area contributed by atoms with Crippen LogP contribution in [0.1, 0.15) is 37.9 Å². The van der Waals surface area contributed by atoms with Crippen LogP contribution < -0.4 is 5.32 Å². The van der Waals surface area contributed by atoms with E-state index in [1.54, 1.807) is 6.92 Å². The summed E-state index contributed by atoms with van der Waals surface area (Å²) in [6, 6.07) is 2.88. The van der Waals surface area contributed by atoms with Gasteiger partial charge in [-0.15, -0.1) is 12.4 Å². The maximum absolute atomic E-state index is 13.8. The van der Waals surface area contributed by atoms with E-state index in [0.29, 0.717) is 11.1 Å². The number of phenolic OH excluding ortho intramolecular Hbond substituents is 1. The highest BCUT2D eigenvalue weighted by Gasteiger charge is 2.34. The summed E-state index contributed by atoms with van der Waals surface area (Å²) >= 11 is 0. The molecule has 1 aromatic carbocycles. The van der Waals surface area contributed by atoms with Gasteiger partial charge in [-0.2, -0.15) is 0 Å².